The maximum absolute atomic E-state index is 6.05. The van der Waals surface area contributed by atoms with Crippen LogP contribution < -0.4 is 14.2 Å². The van der Waals surface area contributed by atoms with Crippen molar-refractivity contribution in [2.75, 3.05) is 33.4 Å². The summed E-state index contributed by atoms with van der Waals surface area (Å²) in [7, 11) is 1.66. The molecule has 0 N–H and O–H groups in total. The van der Waals surface area contributed by atoms with Crippen molar-refractivity contribution in [1.29, 1.82) is 0 Å². The summed E-state index contributed by atoms with van der Waals surface area (Å²) >= 11 is 0. The number of pyridine rings is 1. The molecular weight excluding hydrogens is 416 g/mol. The lowest BCUT2D eigenvalue weighted by Gasteiger charge is -2.19. The number of fused-ring (bicyclic) bond motifs is 2. The van der Waals surface area contributed by atoms with Crippen LogP contribution in [0.1, 0.15) is 17.7 Å². The van der Waals surface area contributed by atoms with Gasteiger partial charge in [0.1, 0.15) is 6.61 Å². The van der Waals surface area contributed by atoms with E-state index in [1.54, 1.807) is 7.11 Å². The van der Waals surface area contributed by atoms with E-state index in [1.807, 2.05) is 66.2 Å². The Balaban J connectivity index is 1.29. The first-order valence-corrected chi connectivity index (χ1v) is 11.3. The van der Waals surface area contributed by atoms with Crippen molar-refractivity contribution < 1.29 is 14.2 Å². The minimum Gasteiger partial charge on any atom is -0.493 e. The molecule has 3 heterocycles. The van der Waals surface area contributed by atoms with Crippen LogP contribution >= 0.6 is 0 Å². The van der Waals surface area contributed by atoms with Gasteiger partial charge in [0.05, 0.1) is 25.1 Å². The van der Waals surface area contributed by atoms with Gasteiger partial charge in [0.15, 0.2) is 17.1 Å². The zero-order valence-electron chi connectivity index (χ0n) is 19.0. The quantitative estimate of drug-likeness (QED) is 0.394. The minimum absolute atomic E-state index is 0.608. The maximum atomic E-state index is 6.05. The summed E-state index contributed by atoms with van der Waals surface area (Å²) in [5, 5.41) is 5.79. The number of rotatable bonds is 7. The molecule has 0 fully saturated rings. The van der Waals surface area contributed by atoms with E-state index >= 15 is 0 Å². The van der Waals surface area contributed by atoms with E-state index < -0.39 is 0 Å². The highest BCUT2D eigenvalue weighted by Crippen LogP contribution is 2.29. The summed E-state index contributed by atoms with van der Waals surface area (Å²) in [4.78, 5) is 7.27. The maximum Gasteiger partial charge on any atom is 0.220 e. The van der Waals surface area contributed by atoms with E-state index in [0.717, 1.165) is 65.5 Å². The Morgan fingerprint density at radius 2 is 1.82 bits per heavy atom. The average molecular weight is 445 g/mol. The van der Waals surface area contributed by atoms with Gasteiger partial charge >= 0.3 is 0 Å². The zero-order chi connectivity index (χ0) is 22.6. The van der Waals surface area contributed by atoms with Crippen molar-refractivity contribution in [3.63, 3.8) is 0 Å². The highest BCUT2D eigenvalue weighted by Gasteiger charge is 2.20. The molecule has 2 aromatic carbocycles. The molecule has 33 heavy (non-hydrogen) atoms. The molecule has 0 saturated heterocycles. The van der Waals surface area contributed by atoms with Crippen LogP contribution in [0.15, 0.2) is 60.7 Å². The van der Waals surface area contributed by atoms with E-state index in [-0.39, 0.29) is 0 Å². The Morgan fingerprint density at radius 3 is 2.64 bits per heavy atom. The van der Waals surface area contributed by atoms with E-state index in [0.29, 0.717) is 19.1 Å². The summed E-state index contributed by atoms with van der Waals surface area (Å²) in [5.41, 5.74) is 3.89. The van der Waals surface area contributed by atoms with Crippen LogP contribution in [-0.4, -0.2) is 53.1 Å². The van der Waals surface area contributed by atoms with Crippen molar-refractivity contribution in [1.82, 2.24) is 19.7 Å². The summed E-state index contributed by atoms with van der Waals surface area (Å²) in [6.07, 6.45) is 0.911. The van der Waals surface area contributed by atoms with E-state index in [9.17, 15) is 0 Å². The second kappa shape index (κ2) is 9.50. The van der Waals surface area contributed by atoms with E-state index in [2.05, 4.69) is 11.0 Å². The Hall–Kier alpha value is -3.58. The first kappa shape index (κ1) is 21.3. The zero-order valence-corrected chi connectivity index (χ0v) is 19.0. The lowest BCUT2D eigenvalue weighted by molar-refractivity contribution is 0.203. The van der Waals surface area contributed by atoms with Gasteiger partial charge in [-0.2, -0.15) is 10.1 Å². The predicted octanol–water partition coefficient (Wildman–Crippen LogP) is 4.40. The fraction of sp³-hybridized carbons (Fsp3) is 0.308. The number of benzene rings is 2. The molecule has 0 amide bonds. The topological polar surface area (TPSA) is 61.6 Å². The number of nitrogens with zero attached hydrogens (tertiary/aromatic N) is 4. The Labute approximate surface area is 193 Å². The van der Waals surface area contributed by atoms with Crippen LogP contribution in [-0.2, 0) is 6.54 Å². The number of aromatic nitrogens is 3. The summed E-state index contributed by atoms with van der Waals surface area (Å²) in [5.74, 6) is 2.24. The molecule has 0 radical (unpaired) electrons. The number of aryl methyl sites for hydroxylation is 1. The van der Waals surface area contributed by atoms with Crippen LogP contribution in [0.5, 0.6) is 17.4 Å². The highest BCUT2D eigenvalue weighted by atomic mass is 16.5. The Bertz CT molecular complexity index is 1240. The first-order chi connectivity index (χ1) is 16.2. The van der Waals surface area contributed by atoms with Crippen molar-refractivity contribution >= 4 is 11.0 Å². The normalized spacial score (nSPS) is 13.9. The SMILES string of the molecule is COc1ccccc1OCCCN1CCOc2nc3c(cc2C1)c(C)nn3-c1ccccc1. The third kappa shape index (κ3) is 4.50. The van der Waals surface area contributed by atoms with Gasteiger partial charge in [0.25, 0.3) is 0 Å². The Morgan fingerprint density at radius 1 is 1.03 bits per heavy atom. The van der Waals surface area contributed by atoms with E-state index in [1.165, 1.54) is 0 Å². The monoisotopic (exact) mass is 444 g/mol. The molecule has 1 aliphatic heterocycles. The lowest BCUT2D eigenvalue weighted by Crippen LogP contribution is -2.27. The summed E-state index contributed by atoms with van der Waals surface area (Å²) in [6.45, 7) is 5.83. The first-order valence-electron chi connectivity index (χ1n) is 11.3. The molecular formula is C26H28N4O3. The van der Waals surface area contributed by atoms with Gasteiger partial charge in [0, 0.05) is 30.6 Å². The highest BCUT2D eigenvalue weighted by molar-refractivity contribution is 5.81. The van der Waals surface area contributed by atoms with Gasteiger partial charge in [-0.1, -0.05) is 30.3 Å². The molecule has 2 aromatic heterocycles. The van der Waals surface area contributed by atoms with E-state index in [4.69, 9.17) is 24.3 Å². The molecule has 0 spiro atoms. The molecule has 7 nitrogen and oxygen atoms in total. The predicted molar refractivity (Wildman–Crippen MR) is 127 cm³/mol. The van der Waals surface area contributed by atoms with Gasteiger partial charge in [-0.05, 0) is 43.7 Å². The third-order valence-electron chi connectivity index (χ3n) is 5.87. The standard InChI is InChI=1S/C26H28N4O3/c1-19-22-17-20-18-29(13-8-15-32-24-12-7-6-11-23(24)31-2)14-16-33-26(20)27-25(22)30(28-19)21-9-4-3-5-10-21/h3-7,9-12,17H,8,13-16,18H2,1-2H3. The largest absolute Gasteiger partial charge is 0.493 e. The van der Waals surface area contributed by atoms with Gasteiger partial charge in [-0.3, -0.25) is 4.90 Å². The van der Waals surface area contributed by atoms with Crippen molar-refractivity contribution in [3.8, 4) is 23.1 Å². The summed E-state index contributed by atoms with van der Waals surface area (Å²) < 4.78 is 19.2. The van der Waals surface area contributed by atoms with Gasteiger partial charge in [0.2, 0.25) is 5.88 Å². The van der Waals surface area contributed by atoms with Crippen LogP contribution in [0.25, 0.3) is 16.7 Å². The number of hydrogen-bond acceptors (Lipinski definition) is 6. The number of ether oxygens (including phenoxy) is 3. The van der Waals surface area contributed by atoms with Gasteiger partial charge < -0.3 is 14.2 Å². The molecule has 1 aliphatic rings. The molecule has 0 aliphatic carbocycles. The molecule has 5 rings (SSSR count). The average Bonchev–Trinajstić information content (AvgIpc) is 3.03. The van der Waals surface area contributed by atoms with Crippen LogP contribution in [0.2, 0.25) is 0 Å². The number of hydrogen-bond donors (Lipinski definition) is 0. The molecule has 0 bridgehead atoms. The number of methoxy groups -OCH3 is 1. The molecule has 0 unspecified atom stereocenters. The van der Waals surface area contributed by atoms with Crippen LogP contribution in [0, 0.1) is 6.92 Å². The van der Waals surface area contributed by atoms with Crippen molar-refractivity contribution in [3.05, 3.63) is 71.9 Å². The third-order valence-corrected chi connectivity index (χ3v) is 5.87. The Kier molecular flexibility index (Phi) is 6.13. The second-order valence-corrected chi connectivity index (χ2v) is 8.13. The van der Waals surface area contributed by atoms with Crippen molar-refractivity contribution in [2.45, 2.75) is 19.9 Å². The molecule has 170 valence electrons. The smallest absolute Gasteiger partial charge is 0.220 e. The van der Waals surface area contributed by atoms with Gasteiger partial charge in [-0.25, -0.2) is 4.68 Å². The lowest BCUT2D eigenvalue weighted by atomic mass is 10.2. The number of para-hydroxylation sites is 3. The molecule has 0 atom stereocenters. The van der Waals surface area contributed by atoms with Crippen molar-refractivity contribution in [2.24, 2.45) is 0 Å². The molecule has 7 heteroatoms. The van der Waals surface area contributed by atoms with Crippen LogP contribution in [0.3, 0.4) is 0 Å². The minimum atomic E-state index is 0.608. The summed E-state index contributed by atoms with van der Waals surface area (Å²) in [6, 6.07) is 20.0. The fourth-order valence-electron chi connectivity index (χ4n) is 4.19. The fourth-order valence-corrected chi connectivity index (χ4v) is 4.19. The second-order valence-electron chi connectivity index (χ2n) is 8.13. The molecule has 4 aromatic rings. The van der Waals surface area contributed by atoms with Crippen LogP contribution in [0.4, 0.5) is 0 Å². The molecule has 0 saturated carbocycles. The van der Waals surface area contributed by atoms with Gasteiger partial charge in [-0.15, -0.1) is 0 Å².